The maximum Gasteiger partial charge on any atom is 0.226 e. The Hall–Kier alpha value is -1.26. The Morgan fingerprint density at radius 3 is 2.57 bits per heavy atom. The third-order valence-corrected chi connectivity index (χ3v) is 5.72. The van der Waals surface area contributed by atoms with Crippen molar-refractivity contribution in [3.63, 3.8) is 0 Å². The summed E-state index contributed by atoms with van der Waals surface area (Å²) in [6, 6.07) is 5.30. The van der Waals surface area contributed by atoms with E-state index in [2.05, 4.69) is 0 Å². The summed E-state index contributed by atoms with van der Waals surface area (Å²) in [6.45, 7) is 1.09. The maximum atomic E-state index is 12.7. The maximum absolute atomic E-state index is 12.7. The molecule has 126 valence electrons. The predicted molar refractivity (Wildman–Crippen MR) is 89.5 cm³/mol. The van der Waals surface area contributed by atoms with E-state index in [9.17, 15) is 15.0 Å². The molecule has 1 aromatic carbocycles. The van der Waals surface area contributed by atoms with Gasteiger partial charge in [0.1, 0.15) is 5.75 Å². The highest BCUT2D eigenvalue weighted by atomic mass is 35.5. The van der Waals surface area contributed by atoms with E-state index in [0.29, 0.717) is 23.4 Å². The van der Waals surface area contributed by atoms with Crippen LogP contribution >= 0.6 is 11.6 Å². The van der Waals surface area contributed by atoms with Gasteiger partial charge in [-0.2, -0.15) is 0 Å². The molecule has 1 heterocycles. The van der Waals surface area contributed by atoms with Crippen LogP contribution in [0, 0.1) is 11.8 Å². The number of halogens is 1. The molecule has 4 nitrogen and oxygen atoms in total. The second kappa shape index (κ2) is 7.10. The fraction of sp³-hybridized carbons (Fsp3) is 0.611. The van der Waals surface area contributed by atoms with E-state index in [1.54, 1.807) is 12.1 Å². The first-order valence-electron chi connectivity index (χ1n) is 8.47. The second-order valence-corrected chi connectivity index (χ2v) is 7.26. The van der Waals surface area contributed by atoms with Crippen molar-refractivity contribution in [2.24, 2.45) is 11.8 Å². The number of hydrogen-bond acceptors (Lipinski definition) is 3. The number of carbonyl (C=O) groups is 1. The molecular formula is C18H24ClNO3. The largest absolute Gasteiger partial charge is 0.508 e. The predicted octanol–water partition coefficient (Wildman–Crippen LogP) is 2.99. The van der Waals surface area contributed by atoms with Crippen LogP contribution in [0.25, 0.3) is 0 Å². The quantitative estimate of drug-likeness (QED) is 0.888. The van der Waals surface area contributed by atoms with Crippen molar-refractivity contribution >= 4 is 17.5 Å². The molecule has 1 aromatic rings. The number of aliphatic hydroxyl groups excluding tert-OH is 1. The zero-order valence-corrected chi connectivity index (χ0v) is 14.0. The molecular weight excluding hydrogens is 314 g/mol. The van der Waals surface area contributed by atoms with Crippen molar-refractivity contribution in [2.75, 3.05) is 13.2 Å². The van der Waals surface area contributed by atoms with Crippen LogP contribution in [0.4, 0.5) is 0 Å². The monoisotopic (exact) mass is 337 g/mol. The lowest BCUT2D eigenvalue weighted by Crippen LogP contribution is -2.40. The van der Waals surface area contributed by atoms with Gasteiger partial charge in [0.05, 0.1) is 0 Å². The number of aromatic hydroxyl groups is 1. The Morgan fingerprint density at radius 2 is 1.91 bits per heavy atom. The molecule has 1 atom stereocenters. The average molecular weight is 338 g/mol. The number of carbonyl (C=O) groups excluding carboxylic acids is 1. The van der Waals surface area contributed by atoms with Crippen LogP contribution in [0.5, 0.6) is 5.75 Å². The van der Waals surface area contributed by atoms with E-state index in [0.717, 1.165) is 44.2 Å². The van der Waals surface area contributed by atoms with E-state index in [-0.39, 0.29) is 24.2 Å². The van der Waals surface area contributed by atoms with Gasteiger partial charge in [-0.25, -0.2) is 0 Å². The molecule has 1 amide bonds. The third kappa shape index (κ3) is 3.64. The molecule has 1 saturated heterocycles. The van der Waals surface area contributed by atoms with E-state index in [1.807, 2.05) is 4.90 Å². The van der Waals surface area contributed by atoms with Gasteiger partial charge >= 0.3 is 0 Å². The zero-order valence-electron chi connectivity index (χ0n) is 13.2. The van der Waals surface area contributed by atoms with Gasteiger partial charge in [-0.3, -0.25) is 4.79 Å². The Bertz CT molecular complexity index is 569. The first-order chi connectivity index (χ1) is 11.1. The fourth-order valence-corrected chi connectivity index (χ4v) is 4.17. The molecule has 2 fully saturated rings. The second-order valence-electron chi connectivity index (χ2n) is 6.85. The molecule has 23 heavy (non-hydrogen) atoms. The van der Waals surface area contributed by atoms with Gasteiger partial charge < -0.3 is 15.1 Å². The number of amides is 1. The summed E-state index contributed by atoms with van der Waals surface area (Å²) in [5.74, 6) is 0.795. The van der Waals surface area contributed by atoms with Crippen molar-refractivity contribution in [3.05, 3.63) is 28.8 Å². The summed E-state index contributed by atoms with van der Waals surface area (Å²) in [5.41, 5.74) is 0.925. The van der Waals surface area contributed by atoms with Crippen LogP contribution < -0.4 is 0 Å². The SMILES string of the molecule is O=C1C(Cc2ccc(O)cc2Cl)CCN1C1CCC(CO)CC1. The van der Waals surface area contributed by atoms with Crippen LogP contribution in [0.3, 0.4) is 0 Å². The van der Waals surface area contributed by atoms with Crippen molar-refractivity contribution in [1.29, 1.82) is 0 Å². The topological polar surface area (TPSA) is 60.8 Å². The minimum absolute atomic E-state index is 0.00684. The number of nitrogens with zero attached hydrogens (tertiary/aromatic N) is 1. The average Bonchev–Trinajstić information content (AvgIpc) is 2.91. The van der Waals surface area contributed by atoms with Crippen molar-refractivity contribution < 1.29 is 15.0 Å². The van der Waals surface area contributed by atoms with E-state index in [1.165, 1.54) is 6.07 Å². The summed E-state index contributed by atoms with van der Waals surface area (Å²) in [7, 11) is 0. The van der Waals surface area contributed by atoms with Crippen LogP contribution in [0.1, 0.15) is 37.7 Å². The first kappa shape index (κ1) is 16.6. The highest BCUT2D eigenvalue weighted by Crippen LogP contribution is 2.33. The van der Waals surface area contributed by atoms with Gasteiger partial charge in [0.25, 0.3) is 0 Å². The fourth-order valence-electron chi connectivity index (χ4n) is 3.92. The highest BCUT2D eigenvalue weighted by molar-refractivity contribution is 6.31. The van der Waals surface area contributed by atoms with Crippen LogP contribution in [0.2, 0.25) is 5.02 Å². The summed E-state index contributed by atoms with van der Waals surface area (Å²) in [5, 5.41) is 19.2. The van der Waals surface area contributed by atoms with Gasteiger partial charge in [-0.1, -0.05) is 17.7 Å². The van der Waals surface area contributed by atoms with Crippen LogP contribution in [0.15, 0.2) is 18.2 Å². The van der Waals surface area contributed by atoms with Gasteiger partial charge in [0.2, 0.25) is 5.91 Å². The standard InChI is InChI=1S/C18H24ClNO3/c19-17-10-16(22)6-3-13(17)9-14-7-8-20(18(14)23)15-4-1-12(11-21)2-5-15/h3,6,10,12,14-15,21-22H,1-2,4-5,7-9,11H2. The molecule has 0 radical (unpaired) electrons. The smallest absolute Gasteiger partial charge is 0.226 e. The van der Waals surface area contributed by atoms with Crippen molar-refractivity contribution in [1.82, 2.24) is 4.90 Å². The van der Waals surface area contributed by atoms with Crippen LogP contribution in [-0.2, 0) is 11.2 Å². The first-order valence-corrected chi connectivity index (χ1v) is 8.85. The summed E-state index contributed by atoms with van der Waals surface area (Å²) in [6.07, 6.45) is 5.54. The molecule has 0 aromatic heterocycles. The number of rotatable bonds is 4. The summed E-state index contributed by atoms with van der Waals surface area (Å²) in [4.78, 5) is 14.8. The molecule has 3 rings (SSSR count). The number of phenols is 1. The van der Waals surface area contributed by atoms with E-state index in [4.69, 9.17) is 11.6 Å². The molecule has 5 heteroatoms. The minimum Gasteiger partial charge on any atom is -0.508 e. The van der Waals surface area contributed by atoms with Gasteiger partial charge in [0.15, 0.2) is 0 Å². The molecule has 2 aliphatic rings. The summed E-state index contributed by atoms with van der Waals surface area (Å²) < 4.78 is 0. The lowest BCUT2D eigenvalue weighted by Gasteiger charge is -2.34. The number of aliphatic hydroxyl groups is 1. The lowest BCUT2D eigenvalue weighted by molar-refractivity contribution is -0.133. The third-order valence-electron chi connectivity index (χ3n) is 5.37. The zero-order chi connectivity index (χ0) is 16.4. The Labute approximate surface area is 142 Å². The Balaban J connectivity index is 1.60. The molecule has 1 aliphatic heterocycles. The van der Waals surface area contributed by atoms with Gasteiger partial charge in [-0.15, -0.1) is 0 Å². The van der Waals surface area contributed by atoms with Crippen molar-refractivity contribution in [3.8, 4) is 5.75 Å². The van der Waals surface area contributed by atoms with E-state index >= 15 is 0 Å². The Morgan fingerprint density at radius 1 is 1.17 bits per heavy atom. The van der Waals surface area contributed by atoms with Crippen molar-refractivity contribution in [2.45, 2.75) is 44.6 Å². The number of phenolic OH excluding ortho intramolecular Hbond substituents is 1. The number of likely N-dealkylation sites (tertiary alicyclic amines) is 1. The molecule has 1 aliphatic carbocycles. The molecule has 0 bridgehead atoms. The highest BCUT2D eigenvalue weighted by Gasteiger charge is 2.37. The molecule has 0 spiro atoms. The normalized spacial score (nSPS) is 28.3. The lowest BCUT2D eigenvalue weighted by atomic mass is 9.86. The van der Waals surface area contributed by atoms with Gasteiger partial charge in [-0.05, 0) is 62.1 Å². The van der Waals surface area contributed by atoms with Crippen LogP contribution in [-0.4, -0.2) is 40.2 Å². The Kier molecular flexibility index (Phi) is 5.12. The molecule has 2 N–H and O–H groups in total. The number of benzene rings is 1. The van der Waals surface area contributed by atoms with E-state index < -0.39 is 0 Å². The number of hydrogen-bond donors (Lipinski definition) is 2. The molecule has 1 saturated carbocycles. The minimum atomic E-state index is -0.00684. The summed E-state index contributed by atoms with van der Waals surface area (Å²) >= 11 is 6.16. The van der Waals surface area contributed by atoms with Gasteiger partial charge in [0, 0.05) is 30.1 Å². The molecule has 1 unspecified atom stereocenters.